The Bertz CT molecular complexity index is 626. The number of halogens is 1. The van der Waals surface area contributed by atoms with Gasteiger partial charge in [0.25, 0.3) is 0 Å². The van der Waals surface area contributed by atoms with Gasteiger partial charge in [0.2, 0.25) is 10.0 Å². The molecule has 19 heavy (non-hydrogen) atoms. The van der Waals surface area contributed by atoms with Crippen molar-refractivity contribution in [2.45, 2.75) is 13.3 Å². The van der Waals surface area contributed by atoms with Gasteiger partial charge in [-0.3, -0.25) is 9.71 Å². The molecule has 5 nitrogen and oxygen atoms in total. The lowest BCUT2D eigenvalue weighted by molar-refractivity contribution is 0.607. The predicted molar refractivity (Wildman–Crippen MR) is 78.7 cm³/mol. The third-order valence-corrected chi connectivity index (χ3v) is 3.80. The molecule has 1 aromatic carbocycles. The molecule has 0 bridgehead atoms. The SMILES string of the molecule is Cc1c(Cl)cc(CC2=NCCN2)cc1NS(C)(=O)=O. The Kier molecular flexibility index (Phi) is 4.01. The minimum absolute atomic E-state index is 0.517. The van der Waals surface area contributed by atoms with Crippen molar-refractivity contribution in [3.8, 4) is 0 Å². The Balaban J connectivity index is 2.30. The van der Waals surface area contributed by atoms with Gasteiger partial charge in [0.15, 0.2) is 0 Å². The second-order valence-electron chi connectivity index (χ2n) is 4.56. The van der Waals surface area contributed by atoms with E-state index in [-0.39, 0.29) is 0 Å². The lowest BCUT2D eigenvalue weighted by atomic mass is 10.1. The van der Waals surface area contributed by atoms with Crippen LogP contribution in [0.25, 0.3) is 0 Å². The molecular formula is C12H16ClN3O2S. The highest BCUT2D eigenvalue weighted by molar-refractivity contribution is 7.92. The summed E-state index contributed by atoms with van der Waals surface area (Å²) in [5, 5.41) is 3.72. The van der Waals surface area contributed by atoms with Crippen molar-refractivity contribution in [3.05, 3.63) is 28.3 Å². The van der Waals surface area contributed by atoms with Gasteiger partial charge in [-0.2, -0.15) is 0 Å². The van der Waals surface area contributed by atoms with Crippen molar-refractivity contribution in [3.63, 3.8) is 0 Å². The molecule has 0 atom stereocenters. The zero-order chi connectivity index (χ0) is 14.0. The molecule has 0 aromatic heterocycles. The van der Waals surface area contributed by atoms with Crippen LogP contribution in [-0.4, -0.2) is 33.6 Å². The summed E-state index contributed by atoms with van der Waals surface area (Å²) >= 11 is 6.14. The van der Waals surface area contributed by atoms with Gasteiger partial charge < -0.3 is 5.32 Å². The van der Waals surface area contributed by atoms with Crippen LogP contribution >= 0.6 is 11.6 Å². The van der Waals surface area contributed by atoms with E-state index in [1.165, 1.54) is 0 Å². The van der Waals surface area contributed by atoms with Gasteiger partial charge in [-0.15, -0.1) is 0 Å². The summed E-state index contributed by atoms with van der Waals surface area (Å²) < 4.78 is 25.1. The molecule has 0 saturated heterocycles. The summed E-state index contributed by atoms with van der Waals surface area (Å²) in [5.41, 5.74) is 2.16. The van der Waals surface area contributed by atoms with Crippen LogP contribution in [0, 0.1) is 6.92 Å². The van der Waals surface area contributed by atoms with E-state index in [0.717, 1.165) is 36.3 Å². The highest BCUT2D eigenvalue weighted by Crippen LogP contribution is 2.27. The van der Waals surface area contributed by atoms with Crippen molar-refractivity contribution in [1.29, 1.82) is 0 Å². The molecule has 1 heterocycles. The van der Waals surface area contributed by atoms with Crippen molar-refractivity contribution in [1.82, 2.24) is 5.32 Å². The van der Waals surface area contributed by atoms with Crippen LogP contribution in [0.3, 0.4) is 0 Å². The molecule has 2 N–H and O–H groups in total. The number of hydrogen-bond donors (Lipinski definition) is 2. The van der Waals surface area contributed by atoms with Crippen molar-refractivity contribution >= 4 is 33.1 Å². The van der Waals surface area contributed by atoms with E-state index in [9.17, 15) is 8.42 Å². The lowest BCUT2D eigenvalue weighted by Crippen LogP contribution is -2.20. The lowest BCUT2D eigenvalue weighted by Gasteiger charge is -2.12. The van der Waals surface area contributed by atoms with Gasteiger partial charge in [0.1, 0.15) is 5.84 Å². The molecule has 0 spiro atoms. The van der Waals surface area contributed by atoms with E-state index < -0.39 is 10.0 Å². The first-order chi connectivity index (χ1) is 8.85. The Morgan fingerprint density at radius 3 is 2.79 bits per heavy atom. The summed E-state index contributed by atoms with van der Waals surface area (Å²) in [5.74, 6) is 0.908. The Hall–Kier alpha value is -1.27. The summed E-state index contributed by atoms with van der Waals surface area (Å²) in [7, 11) is -3.31. The molecule has 0 aliphatic carbocycles. The highest BCUT2D eigenvalue weighted by atomic mass is 35.5. The highest BCUT2D eigenvalue weighted by Gasteiger charge is 2.12. The largest absolute Gasteiger partial charge is 0.372 e. The fourth-order valence-corrected chi connectivity index (χ4v) is 2.75. The Morgan fingerprint density at radius 1 is 1.47 bits per heavy atom. The number of benzene rings is 1. The Labute approximate surface area is 118 Å². The van der Waals surface area contributed by atoms with Crippen LogP contribution in [0.5, 0.6) is 0 Å². The maximum atomic E-state index is 11.3. The van der Waals surface area contributed by atoms with Crippen LogP contribution in [0.1, 0.15) is 11.1 Å². The minimum Gasteiger partial charge on any atom is -0.372 e. The second kappa shape index (κ2) is 5.38. The molecule has 1 aliphatic rings. The van der Waals surface area contributed by atoms with Crippen LogP contribution in [0.2, 0.25) is 5.02 Å². The number of rotatable bonds is 4. The van der Waals surface area contributed by atoms with E-state index in [4.69, 9.17) is 11.6 Å². The average molecular weight is 302 g/mol. The van der Waals surface area contributed by atoms with Crippen molar-refractivity contribution in [2.24, 2.45) is 4.99 Å². The minimum atomic E-state index is -3.31. The third-order valence-electron chi connectivity index (χ3n) is 2.81. The number of hydrogen-bond acceptors (Lipinski definition) is 4. The topological polar surface area (TPSA) is 70.6 Å². The van der Waals surface area contributed by atoms with E-state index in [2.05, 4.69) is 15.0 Å². The molecule has 2 rings (SSSR count). The van der Waals surface area contributed by atoms with Gasteiger partial charge in [0, 0.05) is 18.0 Å². The molecule has 1 aliphatic heterocycles. The number of nitrogens with one attached hydrogen (secondary N) is 2. The van der Waals surface area contributed by atoms with E-state index in [1.54, 1.807) is 13.0 Å². The fourth-order valence-electron chi connectivity index (χ4n) is 1.90. The van der Waals surface area contributed by atoms with Crippen LogP contribution in [0.15, 0.2) is 17.1 Å². The molecule has 0 unspecified atom stereocenters. The number of nitrogens with zero attached hydrogens (tertiary/aromatic N) is 1. The zero-order valence-corrected chi connectivity index (χ0v) is 12.4. The first-order valence-electron chi connectivity index (χ1n) is 5.89. The second-order valence-corrected chi connectivity index (χ2v) is 6.71. The molecule has 0 radical (unpaired) electrons. The maximum Gasteiger partial charge on any atom is 0.229 e. The summed E-state index contributed by atoms with van der Waals surface area (Å²) in [6.07, 6.45) is 1.74. The zero-order valence-electron chi connectivity index (χ0n) is 10.8. The first kappa shape index (κ1) is 14.1. The summed E-state index contributed by atoms with van der Waals surface area (Å²) in [6.45, 7) is 3.41. The van der Waals surface area contributed by atoms with Crippen LogP contribution in [-0.2, 0) is 16.4 Å². The van der Waals surface area contributed by atoms with Crippen LogP contribution in [0.4, 0.5) is 5.69 Å². The van der Waals surface area contributed by atoms with Gasteiger partial charge in [-0.1, -0.05) is 11.6 Å². The molecule has 0 amide bonds. The summed E-state index contributed by atoms with van der Waals surface area (Å²) in [6, 6.07) is 3.64. The molecular weight excluding hydrogens is 286 g/mol. The van der Waals surface area contributed by atoms with E-state index in [1.807, 2.05) is 6.07 Å². The monoisotopic (exact) mass is 301 g/mol. The number of sulfonamides is 1. The molecule has 1 aromatic rings. The molecule has 0 saturated carbocycles. The smallest absolute Gasteiger partial charge is 0.229 e. The standard InChI is InChI=1S/C12H16ClN3O2S/c1-8-10(13)5-9(7-12-14-3-4-15-12)6-11(8)16-19(2,17)18/h5-6,16H,3-4,7H2,1-2H3,(H,14,15). The van der Waals surface area contributed by atoms with E-state index in [0.29, 0.717) is 17.1 Å². The number of anilines is 1. The van der Waals surface area contributed by atoms with Gasteiger partial charge >= 0.3 is 0 Å². The number of amidine groups is 1. The van der Waals surface area contributed by atoms with Crippen molar-refractivity contribution < 1.29 is 8.42 Å². The quantitative estimate of drug-likeness (QED) is 0.887. The van der Waals surface area contributed by atoms with Gasteiger partial charge in [0.05, 0.1) is 18.5 Å². The fraction of sp³-hybridized carbons (Fsp3) is 0.417. The molecule has 7 heteroatoms. The molecule has 104 valence electrons. The third kappa shape index (κ3) is 3.84. The first-order valence-corrected chi connectivity index (χ1v) is 8.16. The van der Waals surface area contributed by atoms with Crippen LogP contribution < -0.4 is 10.0 Å². The molecule has 0 fully saturated rings. The van der Waals surface area contributed by atoms with Gasteiger partial charge in [-0.25, -0.2) is 8.42 Å². The van der Waals surface area contributed by atoms with E-state index >= 15 is 0 Å². The Morgan fingerprint density at radius 2 is 2.21 bits per heavy atom. The summed E-state index contributed by atoms with van der Waals surface area (Å²) in [4.78, 5) is 4.31. The normalized spacial score (nSPS) is 15.0. The van der Waals surface area contributed by atoms with Crippen molar-refractivity contribution in [2.75, 3.05) is 24.1 Å². The maximum absolute atomic E-state index is 11.3. The predicted octanol–water partition coefficient (Wildman–Crippen LogP) is 1.56. The average Bonchev–Trinajstić information content (AvgIpc) is 2.76. The number of aliphatic imine (C=N–C) groups is 1. The van der Waals surface area contributed by atoms with Gasteiger partial charge in [-0.05, 0) is 30.2 Å².